The molecule has 0 saturated heterocycles. The van der Waals surface area contributed by atoms with Crippen molar-refractivity contribution >= 4 is 12.1 Å². The highest BCUT2D eigenvalue weighted by molar-refractivity contribution is 5.86. The molecule has 1 aliphatic carbocycles. The standard InChI is InChI=1S/C11H17FO2.CH2O3/c1-4-5-14-10(13)9(12)6-8-7-11(8,2)3;2-1(3)4/h6,8H,4-5,7H2,1-3H3;(H2,2,3,4). The first-order chi connectivity index (χ1) is 8.20. The zero-order valence-corrected chi connectivity index (χ0v) is 10.8. The van der Waals surface area contributed by atoms with Gasteiger partial charge in [-0.15, -0.1) is 0 Å². The van der Waals surface area contributed by atoms with E-state index < -0.39 is 18.0 Å². The fourth-order valence-corrected chi connectivity index (χ4v) is 1.30. The summed E-state index contributed by atoms with van der Waals surface area (Å²) in [6, 6.07) is 0. The van der Waals surface area contributed by atoms with E-state index >= 15 is 0 Å². The van der Waals surface area contributed by atoms with Gasteiger partial charge in [0.25, 0.3) is 0 Å². The van der Waals surface area contributed by atoms with Gasteiger partial charge in [0, 0.05) is 0 Å². The van der Waals surface area contributed by atoms with Gasteiger partial charge in [0.15, 0.2) is 0 Å². The van der Waals surface area contributed by atoms with Gasteiger partial charge < -0.3 is 14.9 Å². The third-order valence-corrected chi connectivity index (χ3v) is 2.57. The number of allylic oxidation sites excluding steroid dienone is 1. The molecule has 0 heterocycles. The summed E-state index contributed by atoms with van der Waals surface area (Å²) in [5, 5.41) is 13.9. The second-order valence-electron chi connectivity index (χ2n) is 4.73. The molecular formula is C12H19FO5. The van der Waals surface area contributed by atoms with Crippen molar-refractivity contribution in [1.29, 1.82) is 0 Å². The molecule has 0 amide bonds. The van der Waals surface area contributed by atoms with Crippen LogP contribution in [0.15, 0.2) is 11.9 Å². The number of esters is 1. The van der Waals surface area contributed by atoms with Crippen molar-refractivity contribution in [2.75, 3.05) is 6.61 Å². The zero-order chi connectivity index (χ0) is 14.3. The first kappa shape index (κ1) is 16.4. The van der Waals surface area contributed by atoms with Crippen molar-refractivity contribution < 1.29 is 28.9 Å². The van der Waals surface area contributed by atoms with Gasteiger partial charge >= 0.3 is 12.1 Å². The first-order valence-electron chi connectivity index (χ1n) is 5.67. The number of carbonyl (C=O) groups is 2. The molecule has 1 aliphatic rings. The fraction of sp³-hybridized carbons (Fsp3) is 0.667. The van der Waals surface area contributed by atoms with Crippen molar-refractivity contribution in [3.63, 3.8) is 0 Å². The summed E-state index contributed by atoms with van der Waals surface area (Å²) < 4.78 is 17.8. The number of carboxylic acid groups (broad SMARTS) is 2. The van der Waals surface area contributed by atoms with E-state index in [1.165, 1.54) is 6.08 Å². The highest BCUT2D eigenvalue weighted by atomic mass is 19.1. The summed E-state index contributed by atoms with van der Waals surface area (Å²) in [4.78, 5) is 19.6. The predicted octanol–water partition coefficient (Wildman–Crippen LogP) is 3.06. The molecule has 0 radical (unpaired) electrons. The third kappa shape index (κ3) is 6.88. The van der Waals surface area contributed by atoms with Gasteiger partial charge in [-0.25, -0.2) is 9.59 Å². The van der Waals surface area contributed by atoms with Crippen molar-refractivity contribution in [3.05, 3.63) is 11.9 Å². The summed E-state index contributed by atoms with van der Waals surface area (Å²) in [5.41, 5.74) is 0.155. The maximum Gasteiger partial charge on any atom is 0.503 e. The Labute approximate surface area is 105 Å². The first-order valence-corrected chi connectivity index (χ1v) is 5.67. The van der Waals surface area contributed by atoms with Crippen LogP contribution in [0.5, 0.6) is 0 Å². The molecule has 0 bridgehead atoms. The summed E-state index contributed by atoms with van der Waals surface area (Å²) in [6.45, 7) is 6.27. The molecule has 0 aromatic rings. The Morgan fingerprint density at radius 3 is 2.22 bits per heavy atom. The van der Waals surface area contributed by atoms with E-state index in [1.54, 1.807) is 0 Å². The maximum absolute atomic E-state index is 13.1. The van der Waals surface area contributed by atoms with Crippen LogP contribution >= 0.6 is 0 Å². The molecule has 0 spiro atoms. The normalized spacial score (nSPS) is 20.4. The maximum atomic E-state index is 13.1. The minimum Gasteiger partial charge on any atom is -0.460 e. The molecule has 1 fully saturated rings. The Hall–Kier alpha value is -1.59. The van der Waals surface area contributed by atoms with Crippen LogP contribution in [0.25, 0.3) is 0 Å². The smallest absolute Gasteiger partial charge is 0.460 e. The van der Waals surface area contributed by atoms with Crippen LogP contribution < -0.4 is 0 Å². The molecule has 104 valence electrons. The molecule has 2 N–H and O–H groups in total. The summed E-state index contributed by atoms with van der Waals surface area (Å²) in [6.07, 6.45) is 1.22. The number of halogens is 1. The Morgan fingerprint density at radius 1 is 1.44 bits per heavy atom. The van der Waals surface area contributed by atoms with Crippen LogP contribution in [0, 0.1) is 11.3 Å². The fourth-order valence-electron chi connectivity index (χ4n) is 1.30. The summed E-state index contributed by atoms with van der Waals surface area (Å²) in [5.74, 6) is -1.37. The van der Waals surface area contributed by atoms with Gasteiger partial charge in [-0.05, 0) is 30.3 Å². The average Bonchev–Trinajstić information content (AvgIpc) is 2.81. The van der Waals surface area contributed by atoms with E-state index in [0.717, 1.165) is 6.42 Å². The lowest BCUT2D eigenvalue weighted by Crippen LogP contribution is -2.06. The molecular weight excluding hydrogens is 243 g/mol. The molecule has 1 unspecified atom stereocenters. The van der Waals surface area contributed by atoms with Crippen LogP contribution in [0.3, 0.4) is 0 Å². The quantitative estimate of drug-likeness (QED) is 0.601. The van der Waals surface area contributed by atoms with E-state index in [4.69, 9.17) is 15.0 Å². The topological polar surface area (TPSA) is 83.8 Å². The van der Waals surface area contributed by atoms with E-state index in [2.05, 4.69) is 18.6 Å². The van der Waals surface area contributed by atoms with Gasteiger partial charge in [-0.2, -0.15) is 4.39 Å². The lowest BCUT2D eigenvalue weighted by Gasteiger charge is -2.01. The van der Waals surface area contributed by atoms with E-state index in [-0.39, 0.29) is 17.9 Å². The Bertz CT molecular complexity index is 331. The van der Waals surface area contributed by atoms with Gasteiger partial charge in [0.2, 0.25) is 5.83 Å². The second-order valence-corrected chi connectivity index (χ2v) is 4.73. The second kappa shape index (κ2) is 6.98. The Kier molecular flexibility index (Phi) is 6.36. The Balaban J connectivity index is 0.000000631. The number of rotatable bonds is 4. The molecule has 1 rings (SSSR count). The lowest BCUT2D eigenvalue weighted by atomic mass is 10.1. The minimum absolute atomic E-state index is 0.155. The molecule has 18 heavy (non-hydrogen) atoms. The van der Waals surface area contributed by atoms with Crippen LogP contribution in [-0.4, -0.2) is 28.9 Å². The molecule has 0 aromatic carbocycles. The molecule has 1 atom stereocenters. The number of hydrogen-bond acceptors (Lipinski definition) is 3. The highest BCUT2D eigenvalue weighted by Gasteiger charge is 2.44. The van der Waals surface area contributed by atoms with Gasteiger partial charge in [0.1, 0.15) is 0 Å². The van der Waals surface area contributed by atoms with E-state index in [9.17, 15) is 9.18 Å². The number of carbonyl (C=O) groups excluding carboxylic acids is 1. The van der Waals surface area contributed by atoms with Crippen LogP contribution in [-0.2, 0) is 9.53 Å². The number of ether oxygens (including phenoxy) is 1. The van der Waals surface area contributed by atoms with Crippen LogP contribution in [0.2, 0.25) is 0 Å². The molecule has 1 saturated carbocycles. The predicted molar refractivity (Wildman–Crippen MR) is 63.0 cm³/mol. The van der Waals surface area contributed by atoms with Gasteiger partial charge in [0.05, 0.1) is 6.61 Å². The SMILES string of the molecule is CCCOC(=O)C(F)=CC1CC1(C)C.O=C(O)O. The summed E-state index contributed by atoms with van der Waals surface area (Å²) >= 11 is 0. The average molecular weight is 262 g/mol. The van der Waals surface area contributed by atoms with Gasteiger partial charge in [-0.1, -0.05) is 20.8 Å². The van der Waals surface area contributed by atoms with Crippen molar-refractivity contribution in [3.8, 4) is 0 Å². The third-order valence-electron chi connectivity index (χ3n) is 2.57. The van der Waals surface area contributed by atoms with Crippen molar-refractivity contribution in [2.24, 2.45) is 11.3 Å². The molecule has 0 aromatic heterocycles. The minimum atomic E-state index is -1.83. The Morgan fingerprint density at radius 2 is 1.89 bits per heavy atom. The van der Waals surface area contributed by atoms with E-state index in [0.29, 0.717) is 6.42 Å². The molecule has 5 nitrogen and oxygen atoms in total. The zero-order valence-electron chi connectivity index (χ0n) is 10.8. The van der Waals surface area contributed by atoms with Crippen LogP contribution in [0.4, 0.5) is 9.18 Å². The van der Waals surface area contributed by atoms with Gasteiger partial charge in [-0.3, -0.25) is 0 Å². The largest absolute Gasteiger partial charge is 0.503 e. The van der Waals surface area contributed by atoms with Crippen molar-refractivity contribution in [1.82, 2.24) is 0 Å². The van der Waals surface area contributed by atoms with Crippen LogP contribution in [0.1, 0.15) is 33.6 Å². The number of hydrogen-bond donors (Lipinski definition) is 2. The lowest BCUT2D eigenvalue weighted by molar-refractivity contribution is -0.140. The molecule has 6 heteroatoms. The monoisotopic (exact) mass is 262 g/mol. The highest BCUT2D eigenvalue weighted by Crippen LogP contribution is 2.52. The summed E-state index contributed by atoms with van der Waals surface area (Å²) in [7, 11) is 0. The van der Waals surface area contributed by atoms with E-state index in [1.807, 2.05) is 6.92 Å². The van der Waals surface area contributed by atoms with Crippen molar-refractivity contribution in [2.45, 2.75) is 33.6 Å². The molecule has 0 aliphatic heterocycles.